The summed E-state index contributed by atoms with van der Waals surface area (Å²) in [4.78, 5) is 4.24. The molecular formula is C13H17ClFN3. The van der Waals surface area contributed by atoms with Crippen LogP contribution in [0.2, 0.25) is 5.02 Å². The summed E-state index contributed by atoms with van der Waals surface area (Å²) in [6.45, 7) is 6.33. The average Bonchev–Trinajstić information content (AvgIpc) is 2.63. The Bertz CT molecular complexity index is 579. The highest BCUT2D eigenvalue weighted by Crippen LogP contribution is 2.31. The summed E-state index contributed by atoms with van der Waals surface area (Å²) < 4.78 is 15.4. The van der Waals surface area contributed by atoms with Crippen LogP contribution < -0.4 is 5.73 Å². The van der Waals surface area contributed by atoms with Crippen LogP contribution in [0.1, 0.15) is 33.2 Å². The van der Waals surface area contributed by atoms with E-state index in [4.69, 9.17) is 17.3 Å². The van der Waals surface area contributed by atoms with Crippen LogP contribution in [0, 0.1) is 11.7 Å². The largest absolute Gasteiger partial charge is 0.369 e. The molecule has 2 atom stereocenters. The fourth-order valence-electron chi connectivity index (χ4n) is 2.13. The molecule has 1 aromatic carbocycles. The molecule has 0 aliphatic carbocycles. The molecule has 0 bridgehead atoms. The van der Waals surface area contributed by atoms with Crippen molar-refractivity contribution >= 4 is 28.6 Å². The van der Waals surface area contributed by atoms with Gasteiger partial charge in [0.2, 0.25) is 5.95 Å². The highest BCUT2D eigenvalue weighted by Gasteiger charge is 2.19. The molecule has 2 N–H and O–H groups in total. The summed E-state index contributed by atoms with van der Waals surface area (Å²) in [5.41, 5.74) is 7.26. The van der Waals surface area contributed by atoms with Gasteiger partial charge in [-0.05, 0) is 18.9 Å². The second-order valence-electron chi connectivity index (χ2n) is 4.72. The molecule has 3 nitrogen and oxygen atoms in total. The lowest BCUT2D eigenvalue weighted by Gasteiger charge is -2.21. The minimum Gasteiger partial charge on any atom is -0.369 e. The molecule has 18 heavy (non-hydrogen) atoms. The van der Waals surface area contributed by atoms with Gasteiger partial charge in [0.15, 0.2) is 0 Å². The highest BCUT2D eigenvalue weighted by atomic mass is 35.5. The van der Waals surface area contributed by atoms with Crippen LogP contribution in [0.5, 0.6) is 0 Å². The van der Waals surface area contributed by atoms with E-state index in [1.54, 1.807) is 0 Å². The standard InChI is InChI=1S/C13H17ClFN3/c1-4-7(2)8(3)18-12-6-10(15)9(14)5-11(12)17-13(18)16/h5-8H,4H2,1-3H3,(H2,16,17). The number of fused-ring (bicyclic) bond motifs is 1. The third-order valence-electron chi connectivity index (χ3n) is 3.63. The van der Waals surface area contributed by atoms with Gasteiger partial charge in [0, 0.05) is 12.1 Å². The zero-order chi connectivity index (χ0) is 13.4. The third-order valence-corrected chi connectivity index (χ3v) is 3.92. The Hall–Kier alpha value is -1.29. The molecule has 5 heteroatoms. The second-order valence-corrected chi connectivity index (χ2v) is 5.13. The van der Waals surface area contributed by atoms with Crippen molar-refractivity contribution in [2.24, 2.45) is 5.92 Å². The number of hydrogen-bond donors (Lipinski definition) is 1. The fourth-order valence-corrected chi connectivity index (χ4v) is 2.29. The van der Waals surface area contributed by atoms with Crippen molar-refractivity contribution in [3.05, 3.63) is 23.0 Å². The number of nitrogens with two attached hydrogens (primary N) is 1. The van der Waals surface area contributed by atoms with Gasteiger partial charge >= 0.3 is 0 Å². The van der Waals surface area contributed by atoms with Crippen molar-refractivity contribution in [3.8, 4) is 0 Å². The lowest BCUT2D eigenvalue weighted by molar-refractivity contribution is 0.381. The van der Waals surface area contributed by atoms with Crippen molar-refractivity contribution in [1.29, 1.82) is 0 Å². The molecule has 0 amide bonds. The Morgan fingerprint density at radius 3 is 2.72 bits per heavy atom. The number of hydrogen-bond acceptors (Lipinski definition) is 2. The average molecular weight is 270 g/mol. The lowest BCUT2D eigenvalue weighted by Crippen LogP contribution is -2.15. The monoisotopic (exact) mass is 269 g/mol. The summed E-state index contributed by atoms with van der Waals surface area (Å²) in [6.07, 6.45) is 1.02. The Morgan fingerprint density at radius 2 is 2.11 bits per heavy atom. The maximum absolute atomic E-state index is 13.6. The fraction of sp³-hybridized carbons (Fsp3) is 0.462. The van der Waals surface area contributed by atoms with Crippen LogP contribution in [0.4, 0.5) is 10.3 Å². The Morgan fingerprint density at radius 1 is 1.44 bits per heavy atom. The smallest absolute Gasteiger partial charge is 0.201 e. The first kappa shape index (κ1) is 13.1. The number of nitrogen functional groups attached to an aromatic ring is 1. The minimum atomic E-state index is -0.443. The molecule has 2 unspecified atom stereocenters. The summed E-state index contributed by atoms with van der Waals surface area (Å²) >= 11 is 5.75. The van der Waals surface area contributed by atoms with Gasteiger partial charge < -0.3 is 10.3 Å². The van der Waals surface area contributed by atoms with Crippen LogP contribution >= 0.6 is 11.6 Å². The highest BCUT2D eigenvalue weighted by molar-refractivity contribution is 6.31. The SMILES string of the molecule is CCC(C)C(C)n1c(N)nc2cc(Cl)c(F)cc21. The summed E-state index contributed by atoms with van der Waals surface area (Å²) in [6, 6.07) is 3.09. The van der Waals surface area contributed by atoms with Crippen LogP contribution in [-0.4, -0.2) is 9.55 Å². The van der Waals surface area contributed by atoms with E-state index in [1.165, 1.54) is 12.1 Å². The summed E-state index contributed by atoms with van der Waals surface area (Å²) in [5, 5.41) is 0.0725. The van der Waals surface area contributed by atoms with E-state index >= 15 is 0 Å². The van der Waals surface area contributed by atoms with Gasteiger partial charge in [-0.1, -0.05) is 31.9 Å². The van der Waals surface area contributed by atoms with Crippen LogP contribution in [-0.2, 0) is 0 Å². The quantitative estimate of drug-likeness (QED) is 0.915. The zero-order valence-electron chi connectivity index (χ0n) is 10.7. The predicted octanol–water partition coefficient (Wildman–Crippen LogP) is 4.02. The van der Waals surface area contributed by atoms with Gasteiger partial charge in [-0.25, -0.2) is 9.37 Å². The normalized spacial score (nSPS) is 14.9. The van der Waals surface area contributed by atoms with E-state index in [1.807, 2.05) is 4.57 Å². The van der Waals surface area contributed by atoms with Crippen LogP contribution in [0.3, 0.4) is 0 Å². The van der Waals surface area contributed by atoms with Gasteiger partial charge in [-0.15, -0.1) is 0 Å². The van der Waals surface area contributed by atoms with Crippen molar-refractivity contribution in [2.75, 3.05) is 5.73 Å². The number of halogens is 2. The number of aromatic nitrogens is 2. The first-order valence-electron chi connectivity index (χ1n) is 6.08. The predicted molar refractivity (Wildman–Crippen MR) is 73.3 cm³/mol. The topological polar surface area (TPSA) is 43.8 Å². The molecule has 0 spiro atoms. The third kappa shape index (κ3) is 2.05. The maximum Gasteiger partial charge on any atom is 0.201 e. The molecule has 1 aromatic heterocycles. The molecule has 0 saturated carbocycles. The van der Waals surface area contributed by atoms with Crippen molar-refractivity contribution in [3.63, 3.8) is 0 Å². The van der Waals surface area contributed by atoms with Crippen molar-refractivity contribution in [2.45, 2.75) is 33.2 Å². The molecule has 1 heterocycles. The van der Waals surface area contributed by atoms with Crippen LogP contribution in [0.25, 0.3) is 11.0 Å². The van der Waals surface area contributed by atoms with Gasteiger partial charge in [0.1, 0.15) is 5.82 Å². The van der Waals surface area contributed by atoms with E-state index in [0.29, 0.717) is 22.9 Å². The number of benzene rings is 1. The maximum atomic E-state index is 13.6. The number of anilines is 1. The molecule has 98 valence electrons. The summed E-state index contributed by atoms with van der Waals surface area (Å²) in [7, 11) is 0. The first-order valence-corrected chi connectivity index (χ1v) is 6.46. The first-order chi connectivity index (χ1) is 8.45. The van der Waals surface area contributed by atoms with Gasteiger partial charge in [0.05, 0.1) is 16.1 Å². The molecule has 0 radical (unpaired) electrons. The summed E-state index contributed by atoms with van der Waals surface area (Å²) in [5.74, 6) is 0.393. The minimum absolute atomic E-state index is 0.0725. The van der Waals surface area contributed by atoms with Gasteiger partial charge in [-0.3, -0.25) is 0 Å². The van der Waals surface area contributed by atoms with E-state index in [-0.39, 0.29) is 11.1 Å². The van der Waals surface area contributed by atoms with Gasteiger partial charge in [-0.2, -0.15) is 0 Å². The Balaban J connectivity index is 2.63. The van der Waals surface area contributed by atoms with Crippen molar-refractivity contribution < 1.29 is 4.39 Å². The van der Waals surface area contributed by atoms with Crippen molar-refractivity contribution in [1.82, 2.24) is 9.55 Å². The van der Waals surface area contributed by atoms with E-state index in [0.717, 1.165) is 6.42 Å². The number of rotatable bonds is 3. The molecule has 0 aliphatic heterocycles. The zero-order valence-corrected chi connectivity index (χ0v) is 11.5. The molecular weight excluding hydrogens is 253 g/mol. The van der Waals surface area contributed by atoms with E-state index in [9.17, 15) is 4.39 Å². The van der Waals surface area contributed by atoms with Crippen LogP contribution in [0.15, 0.2) is 12.1 Å². The lowest BCUT2D eigenvalue weighted by atomic mass is 10.0. The Kier molecular flexibility index (Phi) is 3.48. The number of imidazole rings is 1. The van der Waals surface area contributed by atoms with E-state index < -0.39 is 5.82 Å². The molecule has 2 aromatic rings. The second kappa shape index (κ2) is 4.76. The molecule has 0 saturated heterocycles. The molecule has 0 aliphatic rings. The Labute approximate surface area is 111 Å². The molecule has 2 rings (SSSR count). The molecule has 0 fully saturated rings. The number of nitrogens with zero attached hydrogens (tertiary/aromatic N) is 2. The van der Waals surface area contributed by atoms with Gasteiger partial charge in [0.25, 0.3) is 0 Å². The van der Waals surface area contributed by atoms with E-state index in [2.05, 4.69) is 25.8 Å².